The van der Waals surface area contributed by atoms with E-state index in [-0.39, 0.29) is 5.41 Å². The molecule has 0 N–H and O–H groups in total. The smallest absolute Gasteiger partial charge is 0.160 e. The van der Waals surface area contributed by atoms with Crippen LogP contribution in [0.15, 0.2) is 152 Å². The SMILES string of the molecule is CC1(C)c2cccc(-c3ccc(-c4cc(-c5cccnc5)nc(-c5ccccc5)n4)c4ccccc34)c2-c2c1ccc1ccccc21. The Morgan fingerprint density at radius 2 is 1.15 bits per heavy atom. The van der Waals surface area contributed by atoms with Gasteiger partial charge >= 0.3 is 0 Å². The van der Waals surface area contributed by atoms with Gasteiger partial charge in [0.25, 0.3) is 0 Å². The summed E-state index contributed by atoms with van der Waals surface area (Å²) in [6.07, 6.45) is 3.65. The highest BCUT2D eigenvalue weighted by Gasteiger charge is 2.38. The Morgan fingerprint density at radius 1 is 0.468 bits per heavy atom. The van der Waals surface area contributed by atoms with E-state index in [4.69, 9.17) is 9.97 Å². The van der Waals surface area contributed by atoms with Crippen LogP contribution in [0.4, 0.5) is 0 Å². The molecule has 0 unspecified atom stereocenters. The van der Waals surface area contributed by atoms with Crippen molar-refractivity contribution in [3.05, 3.63) is 163 Å². The maximum Gasteiger partial charge on any atom is 0.160 e. The fourth-order valence-corrected chi connectivity index (χ4v) is 7.49. The number of fused-ring (bicyclic) bond motifs is 6. The van der Waals surface area contributed by atoms with E-state index in [0.29, 0.717) is 5.82 Å². The minimum Gasteiger partial charge on any atom is -0.264 e. The van der Waals surface area contributed by atoms with Crippen molar-refractivity contribution < 1.29 is 0 Å². The highest BCUT2D eigenvalue weighted by molar-refractivity contribution is 6.11. The number of hydrogen-bond donors (Lipinski definition) is 0. The molecule has 3 nitrogen and oxygen atoms in total. The van der Waals surface area contributed by atoms with Crippen LogP contribution in [0.5, 0.6) is 0 Å². The Kier molecular flexibility index (Phi) is 6.16. The van der Waals surface area contributed by atoms with Gasteiger partial charge in [-0.15, -0.1) is 0 Å². The van der Waals surface area contributed by atoms with Crippen LogP contribution in [0, 0.1) is 0 Å². The zero-order chi connectivity index (χ0) is 31.5. The molecule has 2 aromatic heterocycles. The molecule has 1 aliphatic rings. The largest absolute Gasteiger partial charge is 0.264 e. The highest BCUT2D eigenvalue weighted by atomic mass is 14.9. The van der Waals surface area contributed by atoms with Gasteiger partial charge in [-0.2, -0.15) is 0 Å². The summed E-state index contributed by atoms with van der Waals surface area (Å²) in [6, 6.07) is 49.8. The third-order valence-electron chi connectivity index (χ3n) is 9.80. The van der Waals surface area contributed by atoms with E-state index in [1.54, 1.807) is 6.20 Å². The van der Waals surface area contributed by atoms with Gasteiger partial charge in [0.1, 0.15) is 0 Å². The molecule has 0 radical (unpaired) electrons. The summed E-state index contributed by atoms with van der Waals surface area (Å²) in [5.74, 6) is 0.696. The van der Waals surface area contributed by atoms with Crippen molar-refractivity contribution in [1.82, 2.24) is 15.0 Å². The summed E-state index contributed by atoms with van der Waals surface area (Å²) in [5.41, 5.74) is 12.6. The molecule has 0 amide bonds. The predicted octanol–water partition coefficient (Wildman–Crippen LogP) is 11.2. The van der Waals surface area contributed by atoms with Crippen LogP contribution >= 0.6 is 0 Å². The average Bonchev–Trinajstić information content (AvgIpc) is 3.38. The van der Waals surface area contributed by atoms with Gasteiger partial charge in [-0.1, -0.05) is 135 Å². The van der Waals surface area contributed by atoms with E-state index in [1.807, 2.05) is 36.5 Å². The van der Waals surface area contributed by atoms with Crippen molar-refractivity contribution >= 4 is 21.5 Å². The van der Waals surface area contributed by atoms with Crippen molar-refractivity contribution in [2.24, 2.45) is 0 Å². The first-order chi connectivity index (χ1) is 23.1. The number of hydrogen-bond acceptors (Lipinski definition) is 3. The lowest BCUT2D eigenvalue weighted by Crippen LogP contribution is -2.14. The molecule has 0 fully saturated rings. The molecule has 0 saturated carbocycles. The van der Waals surface area contributed by atoms with Crippen LogP contribution in [-0.2, 0) is 5.41 Å². The number of aromatic nitrogens is 3. The molecule has 1 aliphatic carbocycles. The average molecular weight is 602 g/mol. The molecule has 3 heteroatoms. The fourth-order valence-electron chi connectivity index (χ4n) is 7.49. The van der Waals surface area contributed by atoms with Crippen LogP contribution in [0.3, 0.4) is 0 Å². The summed E-state index contributed by atoms with van der Waals surface area (Å²) >= 11 is 0. The Morgan fingerprint density at radius 3 is 1.96 bits per heavy atom. The topological polar surface area (TPSA) is 38.7 Å². The van der Waals surface area contributed by atoms with Crippen LogP contribution in [-0.4, -0.2) is 15.0 Å². The second kappa shape index (κ2) is 10.6. The third kappa shape index (κ3) is 4.31. The molecule has 8 aromatic rings. The Hall–Kier alpha value is -5.93. The second-order valence-electron chi connectivity index (χ2n) is 12.8. The van der Waals surface area contributed by atoms with Gasteiger partial charge in [-0.25, -0.2) is 9.97 Å². The van der Waals surface area contributed by atoms with Crippen molar-refractivity contribution in [3.8, 4) is 56.2 Å². The molecule has 47 heavy (non-hydrogen) atoms. The van der Waals surface area contributed by atoms with E-state index in [1.165, 1.54) is 49.5 Å². The first kappa shape index (κ1) is 27.4. The van der Waals surface area contributed by atoms with Crippen molar-refractivity contribution in [1.29, 1.82) is 0 Å². The molecule has 9 rings (SSSR count). The van der Waals surface area contributed by atoms with Crippen LogP contribution in [0.1, 0.15) is 25.0 Å². The maximum absolute atomic E-state index is 5.16. The summed E-state index contributed by atoms with van der Waals surface area (Å²) in [5, 5.41) is 4.94. The molecular formula is C44H31N3. The Labute approximate surface area is 274 Å². The first-order valence-corrected chi connectivity index (χ1v) is 16.1. The second-order valence-corrected chi connectivity index (χ2v) is 12.8. The van der Waals surface area contributed by atoms with Gasteiger partial charge in [0, 0.05) is 34.5 Å². The molecule has 222 valence electrons. The van der Waals surface area contributed by atoms with E-state index in [0.717, 1.165) is 33.5 Å². The van der Waals surface area contributed by atoms with E-state index < -0.39 is 0 Å². The summed E-state index contributed by atoms with van der Waals surface area (Å²) in [4.78, 5) is 14.5. The minimum atomic E-state index is -0.0993. The van der Waals surface area contributed by atoms with Crippen LogP contribution in [0.2, 0.25) is 0 Å². The molecule has 0 saturated heterocycles. The molecular weight excluding hydrogens is 571 g/mol. The number of pyridine rings is 1. The van der Waals surface area contributed by atoms with E-state index >= 15 is 0 Å². The normalized spacial score (nSPS) is 13.1. The maximum atomic E-state index is 5.16. The minimum absolute atomic E-state index is 0.0993. The molecule has 0 atom stereocenters. The standard InChI is InChI=1S/C44H31N3/c1-44(2)37-20-10-19-36(42(37)41-31-16-7-6-12-28(31)21-24-38(41)44)34-22-23-35(33-18-9-8-17-32(33)34)40-26-39(30-15-11-25-45-27-30)46-43(47-40)29-13-4-3-5-14-29/h3-27H,1-2H3. The summed E-state index contributed by atoms with van der Waals surface area (Å²) < 4.78 is 0. The van der Waals surface area contributed by atoms with Crippen molar-refractivity contribution in [2.75, 3.05) is 0 Å². The third-order valence-corrected chi connectivity index (χ3v) is 9.80. The van der Waals surface area contributed by atoms with Crippen molar-refractivity contribution in [3.63, 3.8) is 0 Å². The molecule has 6 aromatic carbocycles. The molecule has 0 bridgehead atoms. The fraction of sp³-hybridized carbons (Fsp3) is 0.0682. The number of nitrogens with zero attached hydrogens (tertiary/aromatic N) is 3. The molecule has 0 spiro atoms. The lowest BCUT2D eigenvalue weighted by Gasteiger charge is -2.22. The van der Waals surface area contributed by atoms with Gasteiger partial charge < -0.3 is 0 Å². The quantitative estimate of drug-likeness (QED) is 0.201. The Bertz CT molecular complexity index is 2420. The zero-order valence-electron chi connectivity index (χ0n) is 26.3. The van der Waals surface area contributed by atoms with Gasteiger partial charge in [0.05, 0.1) is 11.4 Å². The highest BCUT2D eigenvalue weighted by Crippen LogP contribution is 2.55. The predicted molar refractivity (Wildman–Crippen MR) is 194 cm³/mol. The summed E-state index contributed by atoms with van der Waals surface area (Å²) in [7, 11) is 0. The number of benzene rings is 6. The zero-order valence-corrected chi connectivity index (χ0v) is 26.3. The van der Waals surface area contributed by atoms with Crippen LogP contribution < -0.4 is 0 Å². The number of rotatable bonds is 4. The van der Waals surface area contributed by atoms with Crippen molar-refractivity contribution in [2.45, 2.75) is 19.3 Å². The van der Waals surface area contributed by atoms with E-state index in [9.17, 15) is 0 Å². The van der Waals surface area contributed by atoms with E-state index in [2.05, 4.69) is 128 Å². The molecule has 0 aliphatic heterocycles. The van der Waals surface area contributed by atoms with Gasteiger partial charge in [0.15, 0.2) is 5.82 Å². The van der Waals surface area contributed by atoms with Gasteiger partial charge in [-0.3, -0.25) is 4.98 Å². The van der Waals surface area contributed by atoms with Gasteiger partial charge in [0.2, 0.25) is 0 Å². The van der Waals surface area contributed by atoms with Gasteiger partial charge in [-0.05, 0) is 73.1 Å². The monoisotopic (exact) mass is 601 g/mol. The Balaban J connectivity index is 1.29. The lowest BCUT2D eigenvalue weighted by atomic mass is 9.81. The molecule has 2 heterocycles. The van der Waals surface area contributed by atoms with Crippen LogP contribution in [0.25, 0.3) is 77.7 Å². The first-order valence-electron chi connectivity index (χ1n) is 16.1. The summed E-state index contributed by atoms with van der Waals surface area (Å²) in [6.45, 7) is 4.72. The lowest BCUT2D eigenvalue weighted by molar-refractivity contribution is 0.661.